The van der Waals surface area contributed by atoms with Crippen LogP contribution in [0.25, 0.3) is 0 Å². The molecule has 8 heavy (non-hydrogen) atoms. The summed E-state index contributed by atoms with van der Waals surface area (Å²) >= 11 is 0. The van der Waals surface area contributed by atoms with Gasteiger partial charge in [-0.1, -0.05) is 0 Å². The van der Waals surface area contributed by atoms with Crippen molar-refractivity contribution >= 4 is 46.1 Å². The normalized spacial score (nSPS) is 16.2. The molecule has 45 valence electrons. The molecule has 0 spiro atoms. The molecule has 0 heterocycles. The average molecular weight is 169 g/mol. The Hall–Kier alpha value is 1.34. The van der Waals surface area contributed by atoms with Crippen LogP contribution in [0.1, 0.15) is 0 Å². The summed E-state index contributed by atoms with van der Waals surface area (Å²) < 4.78 is 22.3. The molecule has 0 aliphatic carbocycles. The third-order valence-corrected chi connectivity index (χ3v) is 1.57. The second-order valence-electron chi connectivity index (χ2n) is 0.634. The number of hydrogen-bond donors (Lipinski definition) is 2. The maximum absolute atomic E-state index is 9.44. The summed E-state index contributed by atoms with van der Waals surface area (Å²) in [5, 5.41) is 0. The standard InChI is InChI=1S/Na.H4O5P2/c;1-6(2)5-7(3)4/h;6-7H,(H,1,2)(H,3,4). The zero-order valence-electron chi connectivity index (χ0n) is 4.12. The molecular formula is H4NaO5P2. The second-order valence-corrected chi connectivity index (χ2v) is 2.51. The third-order valence-electron chi connectivity index (χ3n) is 0.175. The Bertz CT molecular complexity index is 86.6. The summed E-state index contributed by atoms with van der Waals surface area (Å²) in [6.07, 6.45) is 0. The fraction of sp³-hybridized carbons (Fsp3) is 0. The molecule has 0 fully saturated rings. The van der Waals surface area contributed by atoms with Crippen LogP contribution in [0.4, 0.5) is 0 Å². The Morgan fingerprint density at radius 2 is 1.38 bits per heavy atom. The second kappa shape index (κ2) is 6.46. The molecule has 0 amide bonds. The van der Waals surface area contributed by atoms with Crippen molar-refractivity contribution in [2.75, 3.05) is 0 Å². The van der Waals surface area contributed by atoms with Crippen LogP contribution in [-0.2, 0) is 13.4 Å². The molecule has 2 atom stereocenters. The van der Waals surface area contributed by atoms with Crippen LogP contribution in [0, 0.1) is 0 Å². The van der Waals surface area contributed by atoms with Crippen molar-refractivity contribution in [1.29, 1.82) is 0 Å². The van der Waals surface area contributed by atoms with Crippen molar-refractivity contribution in [3.05, 3.63) is 0 Å². The van der Waals surface area contributed by atoms with Crippen LogP contribution < -0.4 is 0 Å². The molecule has 0 aromatic carbocycles. The molecule has 1 radical (unpaired) electrons. The van der Waals surface area contributed by atoms with E-state index in [9.17, 15) is 9.13 Å². The van der Waals surface area contributed by atoms with Crippen LogP contribution in [0.3, 0.4) is 0 Å². The third kappa shape index (κ3) is 10.3. The van der Waals surface area contributed by atoms with Gasteiger partial charge in [-0.25, -0.2) is 4.31 Å². The van der Waals surface area contributed by atoms with Crippen LogP contribution in [0.2, 0.25) is 0 Å². The minimum absolute atomic E-state index is 0. The summed E-state index contributed by atoms with van der Waals surface area (Å²) in [5.74, 6) is 0. The van der Waals surface area contributed by atoms with Gasteiger partial charge in [0.25, 0.3) is 0 Å². The molecule has 0 saturated heterocycles. The molecule has 0 aromatic heterocycles. The maximum atomic E-state index is 9.44. The first-order chi connectivity index (χ1) is 3.13. The molecule has 0 bridgehead atoms. The van der Waals surface area contributed by atoms with Gasteiger partial charge in [-0.15, -0.1) is 0 Å². The first kappa shape index (κ1) is 12.1. The van der Waals surface area contributed by atoms with E-state index in [1.54, 1.807) is 0 Å². The van der Waals surface area contributed by atoms with Crippen molar-refractivity contribution in [3.8, 4) is 0 Å². The zero-order valence-corrected chi connectivity index (χ0v) is 8.12. The minimum Gasteiger partial charge on any atom is -0.326 e. The predicted octanol–water partition coefficient (Wildman–Crippen LogP) is -0.614. The molecular weight excluding hydrogens is 165 g/mol. The van der Waals surface area contributed by atoms with E-state index in [1.165, 1.54) is 0 Å². The zero-order chi connectivity index (χ0) is 5.86. The van der Waals surface area contributed by atoms with Gasteiger partial charge in [0, 0.05) is 29.6 Å². The molecule has 8 heteroatoms. The Labute approximate surface area is 69.2 Å². The van der Waals surface area contributed by atoms with Gasteiger partial charge < -0.3 is 9.79 Å². The molecule has 2 unspecified atom stereocenters. The molecule has 0 aliphatic heterocycles. The monoisotopic (exact) mass is 169 g/mol. The number of rotatable bonds is 2. The van der Waals surface area contributed by atoms with Gasteiger partial charge in [0.15, 0.2) is 0 Å². The summed E-state index contributed by atoms with van der Waals surface area (Å²) in [7, 11) is -6.40. The van der Waals surface area contributed by atoms with Crippen molar-refractivity contribution in [1.82, 2.24) is 0 Å². The van der Waals surface area contributed by atoms with E-state index < -0.39 is 16.5 Å². The van der Waals surface area contributed by atoms with Crippen LogP contribution in [0.15, 0.2) is 0 Å². The van der Waals surface area contributed by atoms with Gasteiger partial charge in [-0.05, 0) is 0 Å². The topological polar surface area (TPSA) is 83.8 Å². The van der Waals surface area contributed by atoms with Crippen molar-refractivity contribution in [2.45, 2.75) is 0 Å². The van der Waals surface area contributed by atoms with Gasteiger partial charge in [0.2, 0.25) is 0 Å². The minimum atomic E-state index is -3.20. The summed E-state index contributed by atoms with van der Waals surface area (Å²) in [6, 6.07) is 0. The fourth-order valence-corrected chi connectivity index (χ4v) is 0.672. The molecule has 0 saturated carbocycles. The first-order valence-electron chi connectivity index (χ1n) is 1.26. The maximum Gasteiger partial charge on any atom is 0.323 e. The SMILES string of the molecule is O=[PH](O)O[PH](=O)O.[Na]. The summed E-state index contributed by atoms with van der Waals surface area (Å²) in [5.41, 5.74) is 0. The predicted molar refractivity (Wildman–Crippen MR) is 29.3 cm³/mol. The van der Waals surface area contributed by atoms with Gasteiger partial charge >= 0.3 is 16.5 Å². The quantitative estimate of drug-likeness (QED) is 0.425. The van der Waals surface area contributed by atoms with E-state index in [0.717, 1.165) is 0 Å². The Morgan fingerprint density at radius 3 is 1.38 bits per heavy atom. The fourth-order valence-electron chi connectivity index (χ4n) is 0.0747. The van der Waals surface area contributed by atoms with E-state index in [1.807, 2.05) is 0 Å². The van der Waals surface area contributed by atoms with Gasteiger partial charge in [-0.2, -0.15) is 0 Å². The molecule has 0 aliphatic rings. The smallest absolute Gasteiger partial charge is 0.323 e. The molecule has 0 aromatic rings. The molecule has 0 rings (SSSR count). The molecule has 5 nitrogen and oxygen atoms in total. The largest absolute Gasteiger partial charge is 0.326 e. The summed E-state index contributed by atoms with van der Waals surface area (Å²) in [6.45, 7) is 0. The Balaban J connectivity index is 0. The molecule has 2 N–H and O–H groups in total. The first-order valence-corrected chi connectivity index (χ1v) is 3.79. The van der Waals surface area contributed by atoms with Crippen LogP contribution in [0.5, 0.6) is 0 Å². The van der Waals surface area contributed by atoms with Crippen molar-refractivity contribution in [3.63, 3.8) is 0 Å². The van der Waals surface area contributed by atoms with Crippen LogP contribution in [-0.4, -0.2) is 39.3 Å². The average Bonchev–Trinajstić information content (AvgIpc) is 1.27. The van der Waals surface area contributed by atoms with E-state index in [0.29, 0.717) is 0 Å². The van der Waals surface area contributed by atoms with Gasteiger partial charge in [0.1, 0.15) is 0 Å². The van der Waals surface area contributed by atoms with E-state index in [-0.39, 0.29) is 29.6 Å². The van der Waals surface area contributed by atoms with Gasteiger partial charge in [-0.3, -0.25) is 9.13 Å². The van der Waals surface area contributed by atoms with Crippen LogP contribution >= 0.6 is 16.5 Å². The van der Waals surface area contributed by atoms with Crippen molar-refractivity contribution < 1.29 is 23.2 Å². The summed E-state index contributed by atoms with van der Waals surface area (Å²) in [4.78, 5) is 15.4. The van der Waals surface area contributed by atoms with Crippen molar-refractivity contribution in [2.24, 2.45) is 0 Å². The van der Waals surface area contributed by atoms with Gasteiger partial charge in [0.05, 0.1) is 0 Å². The number of hydrogen-bond acceptors (Lipinski definition) is 3. The Morgan fingerprint density at radius 1 is 1.12 bits per heavy atom. The van der Waals surface area contributed by atoms with E-state index in [2.05, 4.69) is 4.31 Å². The van der Waals surface area contributed by atoms with E-state index in [4.69, 9.17) is 9.79 Å². The van der Waals surface area contributed by atoms with E-state index >= 15 is 0 Å². The Kier molecular flexibility index (Phi) is 9.74.